The Labute approximate surface area is 141 Å². The van der Waals surface area contributed by atoms with Crippen LogP contribution < -0.4 is 10.7 Å². The molecule has 2 amide bonds. The lowest BCUT2D eigenvalue weighted by atomic mass is 10.2. The molecular weight excluding hydrogens is 310 g/mol. The average Bonchev–Trinajstić information content (AvgIpc) is 2.57. The first kappa shape index (κ1) is 19.3. The van der Waals surface area contributed by atoms with E-state index in [4.69, 9.17) is 4.74 Å². The molecule has 0 atom stereocenters. The molecule has 0 bridgehead atoms. The van der Waals surface area contributed by atoms with Gasteiger partial charge in [0.1, 0.15) is 0 Å². The van der Waals surface area contributed by atoms with Crippen molar-refractivity contribution in [2.45, 2.75) is 39.7 Å². The van der Waals surface area contributed by atoms with Crippen LogP contribution >= 0.6 is 0 Å². The Balaban J connectivity index is 2.23. The topological polar surface area (TPSA) is 96.9 Å². The molecule has 0 radical (unpaired) electrons. The predicted octanol–water partition coefficient (Wildman–Crippen LogP) is 1.53. The summed E-state index contributed by atoms with van der Waals surface area (Å²) in [7, 11) is 0. The lowest BCUT2D eigenvalue weighted by Crippen LogP contribution is -2.26. The molecule has 0 heterocycles. The standard InChI is InChI=1S/C17H23N3O4/c1-3-24-17(23)11-13(2)19-20-16(22)10-9-15(21)18-12-14-7-5-4-6-8-14/h4-8H,3,9-12H2,1-2H3,(H,18,21)(H,20,22)/b19-13-. The van der Waals surface area contributed by atoms with Gasteiger partial charge in [-0.15, -0.1) is 0 Å². The van der Waals surface area contributed by atoms with Gasteiger partial charge in [-0.05, 0) is 19.4 Å². The molecule has 0 saturated heterocycles. The first-order chi connectivity index (χ1) is 11.5. The third-order valence-electron chi connectivity index (χ3n) is 2.99. The summed E-state index contributed by atoms with van der Waals surface area (Å²) in [6.07, 6.45) is 0.119. The Bertz CT molecular complexity index is 585. The van der Waals surface area contributed by atoms with Crippen LogP contribution in [-0.2, 0) is 25.7 Å². The molecule has 0 aliphatic heterocycles. The second kappa shape index (κ2) is 10.9. The second-order valence-corrected chi connectivity index (χ2v) is 5.13. The molecule has 0 spiro atoms. The molecule has 0 aromatic heterocycles. The van der Waals surface area contributed by atoms with Crippen molar-refractivity contribution in [1.82, 2.24) is 10.7 Å². The van der Waals surface area contributed by atoms with Crippen LogP contribution in [0, 0.1) is 0 Å². The van der Waals surface area contributed by atoms with Crippen molar-refractivity contribution < 1.29 is 19.1 Å². The van der Waals surface area contributed by atoms with E-state index in [1.54, 1.807) is 13.8 Å². The minimum absolute atomic E-state index is 0.0195. The van der Waals surface area contributed by atoms with Crippen molar-refractivity contribution in [2.75, 3.05) is 6.61 Å². The zero-order valence-electron chi connectivity index (χ0n) is 14.0. The number of amides is 2. The maximum absolute atomic E-state index is 11.7. The molecule has 7 heteroatoms. The van der Waals surface area contributed by atoms with E-state index in [2.05, 4.69) is 15.8 Å². The Hall–Kier alpha value is -2.70. The molecule has 7 nitrogen and oxygen atoms in total. The van der Waals surface area contributed by atoms with E-state index in [9.17, 15) is 14.4 Å². The lowest BCUT2D eigenvalue weighted by Gasteiger charge is -2.05. The molecule has 0 aliphatic rings. The molecule has 0 unspecified atom stereocenters. The zero-order valence-corrected chi connectivity index (χ0v) is 14.0. The highest BCUT2D eigenvalue weighted by Gasteiger charge is 2.08. The molecule has 2 N–H and O–H groups in total. The van der Waals surface area contributed by atoms with Crippen LogP contribution in [0.1, 0.15) is 38.7 Å². The van der Waals surface area contributed by atoms with Crippen molar-refractivity contribution in [3.63, 3.8) is 0 Å². The number of carbonyl (C=O) groups is 3. The van der Waals surface area contributed by atoms with Crippen LogP contribution in [-0.4, -0.2) is 30.1 Å². The summed E-state index contributed by atoms with van der Waals surface area (Å²) < 4.78 is 4.78. The van der Waals surface area contributed by atoms with Crippen LogP contribution in [0.4, 0.5) is 0 Å². The summed E-state index contributed by atoms with van der Waals surface area (Å²) in [5, 5.41) is 6.55. The number of benzene rings is 1. The summed E-state index contributed by atoms with van der Waals surface area (Å²) in [5.41, 5.74) is 3.76. The Morgan fingerprint density at radius 1 is 1.08 bits per heavy atom. The van der Waals surface area contributed by atoms with Gasteiger partial charge in [-0.1, -0.05) is 30.3 Å². The maximum atomic E-state index is 11.7. The van der Waals surface area contributed by atoms with Gasteiger partial charge in [-0.3, -0.25) is 14.4 Å². The number of hydrazone groups is 1. The number of esters is 1. The maximum Gasteiger partial charge on any atom is 0.311 e. The molecule has 1 rings (SSSR count). The largest absolute Gasteiger partial charge is 0.466 e. The van der Waals surface area contributed by atoms with Gasteiger partial charge < -0.3 is 10.1 Å². The average molecular weight is 333 g/mol. The lowest BCUT2D eigenvalue weighted by molar-refractivity contribution is -0.141. The molecule has 1 aromatic carbocycles. The molecule has 0 saturated carbocycles. The van der Waals surface area contributed by atoms with Gasteiger partial charge >= 0.3 is 5.97 Å². The van der Waals surface area contributed by atoms with E-state index in [-0.39, 0.29) is 31.1 Å². The number of ether oxygens (including phenoxy) is 1. The van der Waals surface area contributed by atoms with Crippen LogP contribution in [0.15, 0.2) is 35.4 Å². The van der Waals surface area contributed by atoms with Crippen LogP contribution in [0.25, 0.3) is 0 Å². The van der Waals surface area contributed by atoms with Crippen LogP contribution in [0.5, 0.6) is 0 Å². The van der Waals surface area contributed by atoms with Crippen molar-refractivity contribution in [1.29, 1.82) is 0 Å². The number of nitrogens with zero attached hydrogens (tertiary/aromatic N) is 1. The van der Waals surface area contributed by atoms with Crippen molar-refractivity contribution >= 4 is 23.5 Å². The van der Waals surface area contributed by atoms with Gasteiger partial charge in [0.15, 0.2) is 0 Å². The van der Waals surface area contributed by atoms with E-state index >= 15 is 0 Å². The molecule has 24 heavy (non-hydrogen) atoms. The number of hydrogen-bond donors (Lipinski definition) is 2. The van der Waals surface area contributed by atoms with E-state index in [0.717, 1.165) is 5.56 Å². The van der Waals surface area contributed by atoms with E-state index in [1.807, 2.05) is 30.3 Å². The Morgan fingerprint density at radius 3 is 2.42 bits per heavy atom. The van der Waals surface area contributed by atoms with Gasteiger partial charge in [0, 0.05) is 25.1 Å². The van der Waals surface area contributed by atoms with Gasteiger partial charge in [0.05, 0.1) is 13.0 Å². The summed E-state index contributed by atoms with van der Waals surface area (Å²) >= 11 is 0. The minimum atomic E-state index is -0.395. The normalized spacial score (nSPS) is 10.8. The summed E-state index contributed by atoms with van der Waals surface area (Å²) in [4.78, 5) is 34.5. The fraction of sp³-hybridized carbons (Fsp3) is 0.412. The zero-order chi connectivity index (χ0) is 17.8. The van der Waals surface area contributed by atoms with Gasteiger partial charge in [-0.25, -0.2) is 5.43 Å². The fourth-order valence-corrected chi connectivity index (χ4v) is 1.79. The second-order valence-electron chi connectivity index (χ2n) is 5.13. The number of nitrogens with one attached hydrogen (secondary N) is 2. The molecular formula is C17H23N3O4. The Kier molecular flexibility index (Phi) is 8.81. The fourth-order valence-electron chi connectivity index (χ4n) is 1.79. The third kappa shape index (κ3) is 8.67. The molecule has 130 valence electrons. The van der Waals surface area contributed by atoms with Crippen LogP contribution in [0.2, 0.25) is 0 Å². The number of rotatable bonds is 9. The first-order valence-electron chi connectivity index (χ1n) is 7.79. The smallest absolute Gasteiger partial charge is 0.311 e. The summed E-state index contributed by atoms with van der Waals surface area (Å²) in [6.45, 7) is 4.06. The Morgan fingerprint density at radius 2 is 1.75 bits per heavy atom. The third-order valence-corrected chi connectivity index (χ3v) is 2.99. The van der Waals surface area contributed by atoms with Crippen molar-refractivity contribution in [3.05, 3.63) is 35.9 Å². The predicted molar refractivity (Wildman–Crippen MR) is 90.0 cm³/mol. The first-order valence-corrected chi connectivity index (χ1v) is 7.79. The van der Waals surface area contributed by atoms with Crippen LogP contribution in [0.3, 0.4) is 0 Å². The van der Waals surface area contributed by atoms with Crippen molar-refractivity contribution in [2.24, 2.45) is 5.10 Å². The molecule has 0 aliphatic carbocycles. The highest BCUT2D eigenvalue weighted by atomic mass is 16.5. The SMILES string of the molecule is CCOC(=O)C/C(C)=N\NC(=O)CCC(=O)NCc1ccccc1. The highest BCUT2D eigenvalue weighted by molar-refractivity contribution is 5.98. The number of hydrogen-bond acceptors (Lipinski definition) is 5. The minimum Gasteiger partial charge on any atom is -0.466 e. The van der Waals surface area contributed by atoms with E-state index in [0.29, 0.717) is 18.9 Å². The molecule has 1 aromatic rings. The monoisotopic (exact) mass is 333 g/mol. The van der Waals surface area contributed by atoms with Gasteiger partial charge in [-0.2, -0.15) is 5.10 Å². The summed E-state index contributed by atoms with van der Waals surface area (Å²) in [6, 6.07) is 9.51. The number of carbonyl (C=O) groups excluding carboxylic acids is 3. The quantitative estimate of drug-likeness (QED) is 0.407. The van der Waals surface area contributed by atoms with E-state index in [1.165, 1.54) is 0 Å². The highest BCUT2D eigenvalue weighted by Crippen LogP contribution is 1.98. The van der Waals surface area contributed by atoms with E-state index < -0.39 is 5.97 Å². The van der Waals surface area contributed by atoms with Gasteiger partial charge in [0.2, 0.25) is 11.8 Å². The van der Waals surface area contributed by atoms with Gasteiger partial charge in [0.25, 0.3) is 0 Å². The van der Waals surface area contributed by atoms with Crippen molar-refractivity contribution in [3.8, 4) is 0 Å². The summed E-state index contributed by atoms with van der Waals surface area (Å²) in [5.74, 6) is -0.984. The molecule has 0 fully saturated rings.